The van der Waals surface area contributed by atoms with Gasteiger partial charge in [-0.2, -0.15) is 0 Å². The zero-order chi connectivity index (χ0) is 18.5. The highest BCUT2D eigenvalue weighted by Gasteiger charge is 2.34. The predicted molar refractivity (Wildman–Crippen MR) is 99.2 cm³/mol. The van der Waals surface area contributed by atoms with Gasteiger partial charge >= 0.3 is 0 Å². The van der Waals surface area contributed by atoms with E-state index in [0.29, 0.717) is 25.5 Å². The van der Waals surface area contributed by atoms with Crippen LogP contribution in [0.5, 0.6) is 0 Å². The van der Waals surface area contributed by atoms with Gasteiger partial charge in [-0.1, -0.05) is 37.3 Å². The second-order valence-electron chi connectivity index (χ2n) is 7.48. The second-order valence-corrected chi connectivity index (χ2v) is 7.48. The zero-order valence-electron chi connectivity index (χ0n) is 15.4. The van der Waals surface area contributed by atoms with Crippen LogP contribution in [0.25, 0.3) is 0 Å². The number of carbonyl (C=O) groups excluding carboxylic acids is 2. The molecule has 3 rings (SSSR count). The molecule has 1 aromatic carbocycles. The van der Waals surface area contributed by atoms with Crippen LogP contribution in [0.2, 0.25) is 0 Å². The molecule has 2 heterocycles. The van der Waals surface area contributed by atoms with Crippen molar-refractivity contribution in [3.63, 3.8) is 0 Å². The minimum Gasteiger partial charge on any atom is -0.376 e. The molecule has 1 aromatic rings. The van der Waals surface area contributed by atoms with Crippen LogP contribution < -0.4 is 11.1 Å². The van der Waals surface area contributed by atoms with Crippen LogP contribution in [0, 0.1) is 11.8 Å². The lowest BCUT2D eigenvalue weighted by Crippen LogP contribution is -2.47. The maximum atomic E-state index is 13.1. The Balaban J connectivity index is 1.72. The fourth-order valence-corrected chi connectivity index (χ4v) is 3.66. The molecule has 142 valence electrons. The van der Waals surface area contributed by atoms with E-state index in [2.05, 4.69) is 12.2 Å². The van der Waals surface area contributed by atoms with Gasteiger partial charge in [-0.3, -0.25) is 9.59 Å². The van der Waals surface area contributed by atoms with E-state index >= 15 is 0 Å². The molecule has 3 N–H and O–H groups in total. The Kier molecular flexibility index (Phi) is 6.27. The Morgan fingerprint density at radius 1 is 1.27 bits per heavy atom. The number of nitrogens with zero attached hydrogens (tertiary/aromatic N) is 1. The third-order valence-corrected chi connectivity index (χ3v) is 5.48. The summed E-state index contributed by atoms with van der Waals surface area (Å²) < 4.78 is 5.53. The summed E-state index contributed by atoms with van der Waals surface area (Å²) in [5.74, 6) is 0.246. The van der Waals surface area contributed by atoms with E-state index in [4.69, 9.17) is 10.5 Å². The van der Waals surface area contributed by atoms with E-state index in [9.17, 15) is 9.59 Å². The Hall–Kier alpha value is -1.92. The molecule has 0 aromatic heterocycles. The Morgan fingerprint density at radius 3 is 2.58 bits per heavy atom. The molecular weight excluding hydrogens is 330 g/mol. The number of piperidine rings is 1. The van der Waals surface area contributed by atoms with Gasteiger partial charge in [0, 0.05) is 19.6 Å². The van der Waals surface area contributed by atoms with Crippen molar-refractivity contribution in [1.82, 2.24) is 10.2 Å². The SMILES string of the molecule is CC1CCN(C(=O)C(NC(=O)C2COC(CN)C2)c2ccccc2)CC1. The highest BCUT2D eigenvalue weighted by Crippen LogP contribution is 2.24. The van der Waals surface area contributed by atoms with Crippen molar-refractivity contribution in [3.05, 3.63) is 35.9 Å². The van der Waals surface area contributed by atoms with Gasteiger partial charge in [0.05, 0.1) is 18.6 Å². The number of carbonyl (C=O) groups is 2. The van der Waals surface area contributed by atoms with Crippen molar-refractivity contribution in [2.45, 2.75) is 38.3 Å². The van der Waals surface area contributed by atoms with Crippen molar-refractivity contribution in [2.24, 2.45) is 17.6 Å². The zero-order valence-corrected chi connectivity index (χ0v) is 15.4. The monoisotopic (exact) mass is 359 g/mol. The van der Waals surface area contributed by atoms with Crippen molar-refractivity contribution >= 4 is 11.8 Å². The minimum atomic E-state index is -0.644. The molecule has 0 spiro atoms. The van der Waals surface area contributed by atoms with Crippen LogP contribution in [0.1, 0.15) is 37.8 Å². The molecular formula is C20H29N3O3. The van der Waals surface area contributed by atoms with E-state index in [1.807, 2.05) is 35.2 Å². The molecule has 0 saturated carbocycles. The predicted octanol–water partition coefficient (Wildman–Crippen LogP) is 1.47. The summed E-state index contributed by atoms with van der Waals surface area (Å²) in [5, 5.41) is 2.98. The Labute approximate surface area is 155 Å². The summed E-state index contributed by atoms with van der Waals surface area (Å²) in [4.78, 5) is 27.7. The minimum absolute atomic E-state index is 0.0225. The van der Waals surface area contributed by atoms with Gasteiger partial charge in [-0.05, 0) is 30.7 Å². The fourth-order valence-electron chi connectivity index (χ4n) is 3.66. The summed E-state index contributed by atoms with van der Waals surface area (Å²) in [5.41, 5.74) is 6.45. The van der Waals surface area contributed by atoms with Gasteiger partial charge in [-0.25, -0.2) is 0 Å². The number of ether oxygens (including phenoxy) is 1. The van der Waals surface area contributed by atoms with Crippen LogP contribution >= 0.6 is 0 Å². The molecule has 0 radical (unpaired) electrons. The number of hydrogen-bond donors (Lipinski definition) is 2. The summed E-state index contributed by atoms with van der Waals surface area (Å²) in [6, 6.07) is 8.83. The van der Waals surface area contributed by atoms with Gasteiger partial charge in [0.25, 0.3) is 0 Å². The molecule has 2 aliphatic rings. The first-order valence-corrected chi connectivity index (χ1v) is 9.54. The molecule has 3 atom stereocenters. The average Bonchev–Trinajstić information content (AvgIpc) is 3.16. The molecule has 26 heavy (non-hydrogen) atoms. The van der Waals surface area contributed by atoms with Gasteiger partial charge in [0.15, 0.2) is 0 Å². The average molecular weight is 359 g/mol. The standard InChI is InChI=1S/C20H29N3O3/c1-14-7-9-23(10-8-14)20(25)18(15-5-3-2-4-6-15)22-19(24)16-11-17(12-21)26-13-16/h2-6,14,16-18H,7-13,21H2,1H3,(H,22,24). The first-order valence-electron chi connectivity index (χ1n) is 9.54. The number of benzene rings is 1. The van der Waals surface area contributed by atoms with Crippen molar-refractivity contribution < 1.29 is 14.3 Å². The van der Waals surface area contributed by atoms with Crippen LogP contribution in [-0.2, 0) is 14.3 Å². The summed E-state index contributed by atoms with van der Waals surface area (Å²) in [6.07, 6.45) is 2.56. The fraction of sp³-hybridized carbons (Fsp3) is 0.600. The van der Waals surface area contributed by atoms with Crippen LogP contribution in [0.4, 0.5) is 0 Å². The van der Waals surface area contributed by atoms with E-state index < -0.39 is 6.04 Å². The van der Waals surface area contributed by atoms with Crippen LogP contribution in [-0.4, -0.2) is 49.1 Å². The van der Waals surface area contributed by atoms with Crippen molar-refractivity contribution in [1.29, 1.82) is 0 Å². The lowest BCUT2D eigenvalue weighted by atomic mass is 9.97. The van der Waals surface area contributed by atoms with Gasteiger partial charge in [0.2, 0.25) is 11.8 Å². The molecule has 3 unspecified atom stereocenters. The molecule has 6 heteroatoms. The number of nitrogens with two attached hydrogens (primary N) is 1. The maximum Gasteiger partial charge on any atom is 0.249 e. The molecule has 2 saturated heterocycles. The topological polar surface area (TPSA) is 84.7 Å². The smallest absolute Gasteiger partial charge is 0.249 e. The number of amides is 2. The quantitative estimate of drug-likeness (QED) is 0.834. The first kappa shape index (κ1) is 18.9. The molecule has 2 fully saturated rings. The normalized spacial score (nSPS) is 25.1. The van der Waals surface area contributed by atoms with E-state index in [-0.39, 0.29) is 23.8 Å². The van der Waals surface area contributed by atoms with Gasteiger partial charge in [0.1, 0.15) is 6.04 Å². The van der Waals surface area contributed by atoms with E-state index in [0.717, 1.165) is 31.5 Å². The Morgan fingerprint density at radius 2 is 1.96 bits per heavy atom. The highest BCUT2D eigenvalue weighted by atomic mass is 16.5. The van der Waals surface area contributed by atoms with Gasteiger partial charge < -0.3 is 20.7 Å². The molecule has 2 amide bonds. The summed E-state index contributed by atoms with van der Waals surface area (Å²) in [6.45, 7) is 4.50. The number of likely N-dealkylation sites (tertiary alicyclic amines) is 1. The Bertz CT molecular complexity index is 614. The van der Waals surface area contributed by atoms with Crippen molar-refractivity contribution in [2.75, 3.05) is 26.2 Å². The largest absolute Gasteiger partial charge is 0.376 e. The molecule has 6 nitrogen and oxygen atoms in total. The number of hydrogen-bond acceptors (Lipinski definition) is 4. The summed E-state index contributed by atoms with van der Waals surface area (Å²) >= 11 is 0. The number of rotatable bonds is 5. The highest BCUT2D eigenvalue weighted by molar-refractivity contribution is 5.89. The van der Waals surface area contributed by atoms with Crippen LogP contribution in [0.3, 0.4) is 0 Å². The lowest BCUT2D eigenvalue weighted by molar-refractivity contribution is -0.138. The lowest BCUT2D eigenvalue weighted by Gasteiger charge is -2.33. The second kappa shape index (κ2) is 8.64. The van der Waals surface area contributed by atoms with Gasteiger partial charge in [-0.15, -0.1) is 0 Å². The van der Waals surface area contributed by atoms with E-state index in [1.165, 1.54) is 0 Å². The third kappa shape index (κ3) is 4.43. The van der Waals surface area contributed by atoms with E-state index in [1.54, 1.807) is 0 Å². The third-order valence-electron chi connectivity index (χ3n) is 5.48. The number of nitrogens with one attached hydrogen (secondary N) is 1. The summed E-state index contributed by atoms with van der Waals surface area (Å²) in [7, 11) is 0. The van der Waals surface area contributed by atoms with Crippen LogP contribution in [0.15, 0.2) is 30.3 Å². The first-order chi connectivity index (χ1) is 12.6. The molecule has 0 bridgehead atoms. The maximum absolute atomic E-state index is 13.1. The molecule has 2 aliphatic heterocycles. The molecule has 0 aliphatic carbocycles. The van der Waals surface area contributed by atoms with Crippen molar-refractivity contribution in [3.8, 4) is 0 Å².